The highest BCUT2D eigenvalue weighted by molar-refractivity contribution is 6.35. The maximum Gasteiger partial charge on any atom is 0.204 e. The second-order valence-electron chi connectivity index (χ2n) is 3.79. The molecule has 0 unspecified atom stereocenters. The molecule has 0 saturated carbocycles. The van der Waals surface area contributed by atoms with Crippen LogP contribution in [-0.4, -0.2) is 0 Å². The van der Waals surface area contributed by atoms with Crippen LogP contribution in [0.15, 0.2) is 77.7 Å². The van der Waals surface area contributed by atoms with Crippen molar-refractivity contribution in [2.75, 3.05) is 0 Å². The van der Waals surface area contributed by atoms with Crippen LogP contribution in [0.5, 0.6) is 0 Å². The maximum absolute atomic E-state index is 5.75. The van der Waals surface area contributed by atoms with Crippen molar-refractivity contribution in [3.8, 4) is 0 Å². The summed E-state index contributed by atoms with van der Waals surface area (Å²) in [5.74, 6) is 0. The van der Waals surface area contributed by atoms with Crippen LogP contribution in [0.25, 0.3) is 5.57 Å². The van der Waals surface area contributed by atoms with Gasteiger partial charge in [-0.15, -0.1) is 0 Å². The topological polar surface area (TPSA) is 9.23 Å². The van der Waals surface area contributed by atoms with Crippen molar-refractivity contribution in [3.05, 3.63) is 88.8 Å². The van der Waals surface area contributed by atoms with Gasteiger partial charge < -0.3 is 4.74 Å². The number of rotatable bonds is 4. The van der Waals surface area contributed by atoms with Gasteiger partial charge in [0.1, 0.15) is 6.26 Å². The quantitative estimate of drug-likeness (QED) is 0.688. The standard InChI is InChI=1S/C16H12Cl2O/c17-11-16(18)19-12-15(13-7-3-1-4-8-13)14-9-5-2-6-10-14/h1-12H/b16-11-. The molecule has 2 aromatic carbocycles. The first-order valence-electron chi connectivity index (χ1n) is 5.75. The van der Waals surface area contributed by atoms with Gasteiger partial charge in [0.2, 0.25) is 5.22 Å². The Morgan fingerprint density at radius 1 is 0.842 bits per heavy atom. The van der Waals surface area contributed by atoms with Crippen LogP contribution >= 0.6 is 23.2 Å². The number of ether oxygens (including phenoxy) is 1. The lowest BCUT2D eigenvalue weighted by molar-refractivity contribution is 0.388. The van der Waals surface area contributed by atoms with Gasteiger partial charge in [-0.1, -0.05) is 72.3 Å². The van der Waals surface area contributed by atoms with E-state index in [-0.39, 0.29) is 5.22 Å². The predicted octanol–water partition coefficient (Wildman–Crippen LogP) is 5.37. The fourth-order valence-corrected chi connectivity index (χ4v) is 1.78. The van der Waals surface area contributed by atoms with Crippen LogP contribution in [0.2, 0.25) is 0 Å². The fourth-order valence-electron chi connectivity index (χ4n) is 1.68. The summed E-state index contributed by atoms with van der Waals surface area (Å²) >= 11 is 11.2. The Balaban J connectivity index is 2.40. The van der Waals surface area contributed by atoms with Crippen LogP contribution in [0.1, 0.15) is 11.1 Å². The average Bonchev–Trinajstić information content (AvgIpc) is 2.49. The molecule has 0 bridgehead atoms. The molecule has 1 nitrogen and oxygen atoms in total. The molecule has 0 aliphatic rings. The molecule has 0 N–H and O–H groups in total. The SMILES string of the molecule is Cl/C=C(/Cl)OC=C(c1ccccc1)c1ccccc1. The zero-order chi connectivity index (χ0) is 13.5. The molecule has 0 atom stereocenters. The summed E-state index contributed by atoms with van der Waals surface area (Å²) in [5.41, 5.74) is 4.23. The van der Waals surface area contributed by atoms with Crippen molar-refractivity contribution in [1.82, 2.24) is 0 Å². The second kappa shape index (κ2) is 7.03. The van der Waals surface area contributed by atoms with E-state index in [0.29, 0.717) is 0 Å². The lowest BCUT2D eigenvalue weighted by Crippen LogP contribution is -1.89. The fraction of sp³-hybridized carbons (Fsp3) is 0. The lowest BCUT2D eigenvalue weighted by Gasteiger charge is -2.08. The van der Waals surface area contributed by atoms with E-state index >= 15 is 0 Å². The van der Waals surface area contributed by atoms with Gasteiger partial charge in [-0.05, 0) is 22.7 Å². The molecule has 19 heavy (non-hydrogen) atoms. The Kier molecular flexibility index (Phi) is 5.08. The second-order valence-corrected chi connectivity index (χ2v) is 4.39. The number of benzene rings is 2. The summed E-state index contributed by atoms with van der Waals surface area (Å²) in [5, 5.41) is 0.131. The van der Waals surface area contributed by atoms with E-state index in [9.17, 15) is 0 Å². The monoisotopic (exact) mass is 290 g/mol. The minimum atomic E-state index is 0.131. The molecular weight excluding hydrogens is 279 g/mol. The van der Waals surface area contributed by atoms with Crippen molar-refractivity contribution < 1.29 is 4.74 Å². The van der Waals surface area contributed by atoms with E-state index in [0.717, 1.165) is 16.7 Å². The Labute approximate surface area is 122 Å². The molecule has 0 aliphatic heterocycles. The zero-order valence-electron chi connectivity index (χ0n) is 10.1. The molecule has 2 rings (SSSR count). The summed E-state index contributed by atoms with van der Waals surface area (Å²) in [7, 11) is 0. The molecule has 0 saturated heterocycles. The van der Waals surface area contributed by atoms with Gasteiger partial charge >= 0.3 is 0 Å². The molecule has 0 aliphatic carbocycles. The third kappa shape index (κ3) is 3.88. The Morgan fingerprint density at radius 2 is 1.32 bits per heavy atom. The third-order valence-corrected chi connectivity index (χ3v) is 3.05. The number of hydrogen-bond donors (Lipinski definition) is 0. The number of hydrogen-bond acceptors (Lipinski definition) is 1. The number of halogens is 2. The van der Waals surface area contributed by atoms with Gasteiger partial charge in [0.25, 0.3) is 0 Å². The van der Waals surface area contributed by atoms with Crippen LogP contribution in [0.4, 0.5) is 0 Å². The molecule has 3 heteroatoms. The summed E-state index contributed by atoms with van der Waals surface area (Å²) < 4.78 is 5.29. The van der Waals surface area contributed by atoms with Gasteiger partial charge in [0.05, 0.1) is 5.54 Å². The van der Waals surface area contributed by atoms with Gasteiger partial charge in [-0.3, -0.25) is 0 Å². The minimum Gasteiger partial charge on any atom is -0.451 e. The molecule has 0 spiro atoms. The molecular formula is C16H12Cl2O. The normalized spacial score (nSPS) is 10.9. The first-order chi connectivity index (χ1) is 9.31. The van der Waals surface area contributed by atoms with Crippen LogP contribution in [0.3, 0.4) is 0 Å². The molecule has 0 radical (unpaired) electrons. The third-order valence-electron chi connectivity index (χ3n) is 2.54. The summed E-state index contributed by atoms with van der Waals surface area (Å²) in [6.07, 6.45) is 1.60. The summed E-state index contributed by atoms with van der Waals surface area (Å²) in [6.45, 7) is 0. The molecule has 0 heterocycles. The van der Waals surface area contributed by atoms with Crippen molar-refractivity contribution in [2.24, 2.45) is 0 Å². The largest absolute Gasteiger partial charge is 0.451 e. The zero-order valence-corrected chi connectivity index (χ0v) is 11.6. The summed E-state index contributed by atoms with van der Waals surface area (Å²) in [6, 6.07) is 19.9. The first kappa shape index (κ1) is 13.7. The van der Waals surface area contributed by atoms with Crippen LogP contribution < -0.4 is 0 Å². The minimum absolute atomic E-state index is 0.131. The van der Waals surface area contributed by atoms with Crippen LogP contribution in [-0.2, 0) is 4.74 Å². The highest BCUT2D eigenvalue weighted by Gasteiger charge is 2.05. The van der Waals surface area contributed by atoms with E-state index < -0.39 is 0 Å². The molecule has 96 valence electrons. The van der Waals surface area contributed by atoms with E-state index in [1.54, 1.807) is 6.26 Å². The van der Waals surface area contributed by atoms with E-state index in [2.05, 4.69) is 0 Å². The Bertz CT molecular complexity index is 533. The highest BCUT2D eigenvalue weighted by atomic mass is 35.5. The van der Waals surface area contributed by atoms with Gasteiger partial charge in [0.15, 0.2) is 0 Å². The Morgan fingerprint density at radius 3 is 1.74 bits per heavy atom. The van der Waals surface area contributed by atoms with Crippen molar-refractivity contribution in [3.63, 3.8) is 0 Å². The van der Waals surface area contributed by atoms with E-state index in [1.807, 2.05) is 60.7 Å². The van der Waals surface area contributed by atoms with Crippen molar-refractivity contribution in [1.29, 1.82) is 0 Å². The lowest BCUT2D eigenvalue weighted by atomic mass is 9.99. The van der Waals surface area contributed by atoms with Crippen LogP contribution in [0, 0.1) is 0 Å². The van der Waals surface area contributed by atoms with E-state index in [1.165, 1.54) is 5.54 Å². The molecule has 0 fully saturated rings. The average molecular weight is 291 g/mol. The predicted molar refractivity (Wildman–Crippen MR) is 80.8 cm³/mol. The molecule has 0 amide bonds. The Hall–Kier alpha value is -1.70. The highest BCUT2D eigenvalue weighted by Crippen LogP contribution is 2.24. The van der Waals surface area contributed by atoms with Gasteiger partial charge in [-0.2, -0.15) is 0 Å². The van der Waals surface area contributed by atoms with Gasteiger partial charge in [0, 0.05) is 5.57 Å². The first-order valence-corrected chi connectivity index (χ1v) is 6.56. The smallest absolute Gasteiger partial charge is 0.204 e. The summed E-state index contributed by atoms with van der Waals surface area (Å²) in [4.78, 5) is 0. The van der Waals surface area contributed by atoms with E-state index in [4.69, 9.17) is 27.9 Å². The van der Waals surface area contributed by atoms with Crippen molar-refractivity contribution >= 4 is 28.8 Å². The van der Waals surface area contributed by atoms with Crippen molar-refractivity contribution in [2.45, 2.75) is 0 Å². The maximum atomic E-state index is 5.75. The molecule has 0 aromatic heterocycles. The van der Waals surface area contributed by atoms with Gasteiger partial charge in [-0.25, -0.2) is 0 Å². The molecule has 2 aromatic rings.